The van der Waals surface area contributed by atoms with Crippen LogP contribution in [0.5, 0.6) is 0 Å². The first-order valence-electron chi connectivity index (χ1n) is 7.63. The number of aromatic nitrogens is 4. The number of nitrogens with zero attached hydrogens (tertiary/aromatic N) is 3. The Morgan fingerprint density at radius 3 is 2.52 bits per heavy atom. The summed E-state index contributed by atoms with van der Waals surface area (Å²) in [6.07, 6.45) is 1.48. The highest BCUT2D eigenvalue weighted by Gasteiger charge is 2.15. The summed E-state index contributed by atoms with van der Waals surface area (Å²) in [6.45, 7) is 10.9. The van der Waals surface area contributed by atoms with Gasteiger partial charge in [-0.15, -0.1) is 0 Å². The van der Waals surface area contributed by atoms with Gasteiger partial charge in [0.1, 0.15) is 6.73 Å². The van der Waals surface area contributed by atoms with Crippen molar-refractivity contribution in [2.45, 2.75) is 46.3 Å². The Morgan fingerprint density at radius 1 is 1.26 bits per heavy atom. The summed E-state index contributed by atoms with van der Waals surface area (Å²) in [5.74, 6) is 0. The molecular weight excluding hydrogens is 312 g/mol. The van der Waals surface area contributed by atoms with Crippen molar-refractivity contribution in [1.29, 1.82) is 0 Å². The van der Waals surface area contributed by atoms with Crippen molar-refractivity contribution in [3.05, 3.63) is 44.5 Å². The van der Waals surface area contributed by atoms with E-state index in [1.54, 1.807) is 0 Å². The number of nitrogens with one attached hydrogen (secondary N) is 1. The van der Waals surface area contributed by atoms with Crippen molar-refractivity contribution >= 4 is 8.07 Å². The lowest BCUT2D eigenvalue weighted by Crippen LogP contribution is -2.39. The molecule has 126 valence electrons. The summed E-state index contributed by atoms with van der Waals surface area (Å²) >= 11 is 0. The van der Waals surface area contributed by atoms with E-state index in [0.29, 0.717) is 18.0 Å². The van der Waals surface area contributed by atoms with Crippen LogP contribution < -0.4 is 11.2 Å². The zero-order valence-electron chi connectivity index (χ0n) is 14.3. The smallest absolute Gasteiger partial charge is 0.337 e. The molecule has 0 atom stereocenters. The van der Waals surface area contributed by atoms with Gasteiger partial charge >= 0.3 is 5.69 Å². The summed E-state index contributed by atoms with van der Waals surface area (Å²) < 4.78 is 8.09. The van der Waals surface area contributed by atoms with E-state index in [1.807, 2.05) is 13.8 Å². The minimum absolute atomic E-state index is 0.0288. The first kappa shape index (κ1) is 17.4. The van der Waals surface area contributed by atoms with Gasteiger partial charge < -0.3 is 4.74 Å². The number of aryl methyl sites for hydroxylation is 2. The van der Waals surface area contributed by atoms with Crippen molar-refractivity contribution in [3.63, 3.8) is 0 Å². The lowest BCUT2D eigenvalue weighted by atomic mass is 10.3. The number of rotatable bonds is 6. The lowest BCUT2D eigenvalue weighted by Gasteiger charge is -2.16. The number of hydrogen-bond donors (Lipinski definition) is 1. The summed E-state index contributed by atoms with van der Waals surface area (Å²) in [4.78, 5) is 24.6. The molecule has 8 heteroatoms. The average molecular weight is 336 g/mol. The number of aromatic amines is 1. The van der Waals surface area contributed by atoms with Gasteiger partial charge in [-0.25, -0.2) is 9.36 Å². The minimum atomic E-state index is -1.20. The van der Waals surface area contributed by atoms with Gasteiger partial charge in [0, 0.05) is 26.9 Å². The Bertz CT molecular complexity index is 779. The van der Waals surface area contributed by atoms with Crippen molar-refractivity contribution < 1.29 is 4.74 Å². The average Bonchev–Trinajstić information content (AvgIpc) is 2.77. The van der Waals surface area contributed by atoms with Crippen LogP contribution in [0.2, 0.25) is 25.7 Å². The summed E-state index contributed by atoms with van der Waals surface area (Å²) in [5, 5.41) is 6.93. The second-order valence-electron chi connectivity index (χ2n) is 6.87. The highest BCUT2D eigenvalue weighted by Crippen LogP contribution is 2.12. The molecular formula is C15H24N4O3Si. The summed E-state index contributed by atoms with van der Waals surface area (Å²) in [6, 6.07) is 2.36. The van der Waals surface area contributed by atoms with Crippen LogP contribution in [-0.4, -0.2) is 34.0 Å². The van der Waals surface area contributed by atoms with Crippen LogP contribution in [0.4, 0.5) is 0 Å². The fraction of sp³-hybridized carbons (Fsp3) is 0.533. The van der Waals surface area contributed by atoms with Crippen LogP contribution in [-0.2, 0) is 11.5 Å². The molecule has 0 spiro atoms. The van der Waals surface area contributed by atoms with E-state index >= 15 is 0 Å². The van der Waals surface area contributed by atoms with E-state index in [9.17, 15) is 9.59 Å². The fourth-order valence-electron chi connectivity index (χ4n) is 2.24. The van der Waals surface area contributed by atoms with E-state index < -0.39 is 13.8 Å². The van der Waals surface area contributed by atoms with E-state index in [4.69, 9.17) is 4.74 Å². The van der Waals surface area contributed by atoms with Gasteiger partial charge in [-0.05, 0) is 19.9 Å². The third kappa shape index (κ3) is 4.08. The Labute approximate surface area is 135 Å². The molecule has 23 heavy (non-hydrogen) atoms. The summed E-state index contributed by atoms with van der Waals surface area (Å²) in [5.41, 5.74) is 1.37. The largest absolute Gasteiger partial charge is 0.361 e. The monoisotopic (exact) mass is 336 g/mol. The molecule has 0 saturated heterocycles. The molecule has 1 N–H and O–H groups in total. The second-order valence-corrected chi connectivity index (χ2v) is 12.5. The lowest BCUT2D eigenvalue weighted by molar-refractivity contribution is 0.0810. The first-order valence-corrected chi connectivity index (χ1v) is 11.3. The molecule has 2 aromatic rings. The Morgan fingerprint density at radius 2 is 1.96 bits per heavy atom. The van der Waals surface area contributed by atoms with Crippen LogP contribution in [0, 0.1) is 13.8 Å². The van der Waals surface area contributed by atoms with Crippen molar-refractivity contribution in [2.75, 3.05) is 6.61 Å². The normalized spacial score (nSPS) is 11.9. The van der Waals surface area contributed by atoms with Crippen molar-refractivity contribution in [3.8, 4) is 5.69 Å². The van der Waals surface area contributed by atoms with E-state index in [0.717, 1.165) is 16.3 Å². The third-order valence-electron chi connectivity index (χ3n) is 3.62. The van der Waals surface area contributed by atoms with Crippen molar-refractivity contribution in [2.24, 2.45) is 0 Å². The molecule has 2 rings (SSSR count). The van der Waals surface area contributed by atoms with Crippen LogP contribution in [0.25, 0.3) is 5.69 Å². The maximum atomic E-state index is 12.6. The molecule has 0 bridgehead atoms. The quantitative estimate of drug-likeness (QED) is 0.642. The van der Waals surface area contributed by atoms with Crippen LogP contribution >= 0.6 is 0 Å². The maximum absolute atomic E-state index is 12.6. The van der Waals surface area contributed by atoms with Gasteiger partial charge in [-0.3, -0.25) is 14.5 Å². The minimum Gasteiger partial charge on any atom is -0.361 e. The Hall–Kier alpha value is -1.93. The number of H-pyrrole nitrogens is 1. The van der Waals surface area contributed by atoms with Gasteiger partial charge in [0.05, 0.1) is 17.1 Å². The molecule has 0 aliphatic carbocycles. The molecule has 2 aromatic heterocycles. The second kappa shape index (κ2) is 6.67. The molecule has 0 aromatic carbocycles. The van der Waals surface area contributed by atoms with Gasteiger partial charge in [0.25, 0.3) is 5.56 Å². The first-order chi connectivity index (χ1) is 10.7. The topological polar surface area (TPSA) is 81.9 Å². The van der Waals surface area contributed by atoms with Crippen LogP contribution in [0.1, 0.15) is 11.4 Å². The highest BCUT2D eigenvalue weighted by molar-refractivity contribution is 6.76. The van der Waals surface area contributed by atoms with Crippen LogP contribution in [0.3, 0.4) is 0 Å². The molecule has 7 nitrogen and oxygen atoms in total. The predicted molar refractivity (Wildman–Crippen MR) is 92.0 cm³/mol. The highest BCUT2D eigenvalue weighted by atomic mass is 28.3. The Balaban J connectivity index is 2.27. The fourth-order valence-corrected chi connectivity index (χ4v) is 3.00. The number of hydrogen-bond acceptors (Lipinski definition) is 4. The molecule has 0 fully saturated rings. The predicted octanol–water partition coefficient (Wildman–Crippen LogP) is 1.65. The molecule has 0 aliphatic rings. The SMILES string of the molecule is Cc1n[nH]c(C)c1-n1ccc(=O)n(COCC[Si](C)(C)C)c1=O. The van der Waals surface area contributed by atoms with E-state index in [-0.39, 0.29) is 12.3 Å². The van der Waals surface area contributed by atoms with Gasteiger partial charge in [-0.1, -0.05) is 19.6 Å². The summed E-state index contributed by atoms with van der Waals surface area (Å²) in [7, 11) is -1.20. The molecule has 0 aliphatic heterocycles. The number of ether oxygens (including phenoxy) is 1. The zero-order chi connectivity index (χ0) is 17.2. The molecule has 2 heterocycles. The standard InChI is InChI=1S/C15H24N4O3Si/c1-11-14(12(2)17-16-11)18-7-6-13(20)19(15(18)21)10-22-8-9-23(3,4)5/h6-7H,8-10H2,1-5H3,(H,16,17). The van der Waals surface area contributed by atoms with E-state index in [1.165, 1.54) is 16.8 Å². The Kier molecular flexibility index (Phi) is 5.05. The third-order valence-corrected chi connectivity index (χ3v) is 5.32. The maximum Gasteiger partial charge on any atom is 0.337 e. The van der Waals surface area contributed by atoms with Crippen LogP contribution in [0.15, 0.2) is 21.9 Å². The van der Waals surface area contributed by atoms with Gasteiger partial charge in [0.15, 0.2) is 0 Å². The molecule has 0 amide bonds. The molecule has 0 unspecified atom stereocenters. The van der Waals surface area contributed by atoms with Gasteiger partial charge in [-0.2, -0.15) is 5.10 Å². The van der Waals surface area contributed by atoms with Gasteiger partial charge in [0.2, 0.25) is 0 Å². The van der Waals surface area contributed by atoms with E-state index in [2.05, 4.69) is 29.8 Å². The molecule has 0 saturated carbocycles. The van der Waals surface area contributed by atoms with Crippen molar-refractivity contribution in [1.82, 2.24) is 19.3 Å². The zero-order valence-corrected chi connectivity index (χ0v) is 15.3. The molecule has 0 radical (unpaired) electrons.